The Balaban J connectivity index is 1.25. The third-order valence-corrected chi connectivity index (χ3v) is 8.72. The zero-order valence-corrected chi connectivity index (χ0v) is 25.0. The van der Waals surface area contributed by atoms with Crippen molar-refractivity contribution in [3.05, 3.63) is 81.3 Å². The molecule has 43 heavy (non-hydrogen) atoms. The average Bonchev–Trinajstić information content (AvgIpc) is 3.57. The van der Waals surface area contributed by atoms with Gasteiger partial charge in [0.2, 0.25) is 0 Å². The first kappa shape index (κ1) is 27.1. The number of benzene rings is 1. The highest BCUT2D eigenvalue weighted by molar-refractivity contribution is 6.06. The highest BCUT2D eigenvalue weighted by atomic mass is 16.3. The fraction of sp³-hybridized carbons (Fsp3) is 0.344. The third-order valence-electron chi connectivity index (χ3n) is 8.72. The molecular weight excluding hydrogens is 544 g/mol. The van der Waals surface area contributed by atoms with Crippen molar-refractivity contribution in [1.29, 1.82) is 0 Å². The van der Waals surface area contributed by atoms with Crippen molar-refractivity contribution < 1.29 is 9.90 Å². The molecule has 0 fully saturated rings. The Kier molecular flexibility index (Phi) is 6.07. The van der Waals surface area contributed by atoms with Gasteiger partial charge >= 0.3 is 0 Å². The number of pyridine rings is 1. The number of aliphatic hydroxyl groups is 1. The van der Waals surface area contributed by atoms with Gasteiger partial charge in [0.25, 0.3) is 11.5 Å². The number of hydrogen-bond donors (Lipinski definition) is 2. The fourth-order valence-corrected chi connectivity index (χ4v) is 6.70. The van der Waals surface area contributed by atoms with Crippen molar-refractivity contribution in [2.75, 3.05) is 16.8 Å². The number of amides is 1. The largest absolute Gasteiger partial charge is 0.392 e. The van der Waals surface area contributed by atoms with Gasteiger partial charge in [0, 0.05) is 67.5 Å². The second kappa shape index (κ2) is 9.63. The summed E-state index contributed by atoms with van der Waals surface area (Å²) in [7, 11) is 3.56. The Morgan fingerprint density at radius 3 is 2.67 bits per heavy atom. The summed E-state index contributed by atoms with van der Waals surface area (Å²) in [6.07, 6.45) is 5.16. The average molecular weight is 579 g/mol. The van der Waals surface area contributed by atoms with Gasteiger partial charge in [0.05, 0.1) is 23.5 Å². The Morgan fingerprint density at radius 1 is 1.07 bits per heavy atom. The van der Waals surface area contributed by atoms with E-state index in [0.717, 1.165) is 29.4 Å². The molecule has 5 aromatic rings. The first-order chi connectivity index (χ1) is 20.5. The van der Waals surface area contributed by atoms with Crippen molar-refractivity contribution in [3.63, 3.8) is 0 Å². The summed E-state index contributed by atoms with van der Waals surface area (Å²) in [5.41, 5.74) is 7.21. The van der Waals surface area contributed by atoms with Crippen LogP contribution in [0.2, 0.25) is 0 Å². The molecule has 7 rings (SSSR count). The van der Waals surface area contributed by atoms with Crippen molar-refractivity contribution in [2.24, 2.45) is 19.5 Å². The first-order valence-electron chi connectivity index (χ1n) is 14.4. The SMILES string of the molecule is Cc1nn(C)c2ccc(Nc3nc(-c4ccnc(N5CCn6c(cc7c6CC(C)(C)C7)C5=O)c4CO)cn(C)c3=O)cc12. The van der Waals surface area contributed by atoms with Gasteiger partial charge in [-0.25, -0.2) is 9.97 Å². The number of anilines is 3. The summed E-state index contributed by atoms with van der Waals surface area (Å²) in [4.78, 5) is 37.8. The molecule has 0 saturated heterocycles. The lowest BCUT2D eigenvalue weighted by Gasteiger charge is -2.30. The van der Waals surface area contributed by atoms with Crippen molar-refractivity contribution in [1.82, 2.24) is 28.9 Å². The molecule has 5 heterocycles. The molecule has 2 aliphatic rings. The molecule has 4 aromatic heterocycles. The molecule has 2 N–H and O–H groups in total. The molecule has 220 valence electrons. The minimum absolute atomic E-state index is 0.130. The summed E-state index contributed by atoms with van der Waals surface area (Å²) in [5, 5.41) is 19.2. The van der Waals surface area contributed by atoms with E-state index in [-0.39, 0.29) is 29.3 Å². The van der Waals surface area contributed by atoms with Crippen LogP contribution in [0, 0.1) is 12.3 Å². The predicted octanol–water partition coefficient (Wildman–Crippen LogP) is 3.86. The minimum atomic E-state index is -0.349. The smallest absolute Gasteiger partial charge is 0.293 e. The van der Waals surface area contributed by atoms with E-state index in [1.807, 2.05) is 42.9 Å². The maximum Gasteiger partial charge on any atom is 0.293 e. The lowest BCUT2D eigenvalue weighted by atomic mass is 9.90. The van der Waals surface area contributed by atoms with Crippen molar-refractivity contribution in [3.8, 4) is 11.3 Å². The Hall–Kier alpha value is -4.77. The van der Waals surface area contributed by atoms with Crippen LogP contribution >= 0.6 is 0 Å². The van der Waals surface area contributed by atoms with E-state index in [0.29, 0.717) is 47.1 Å². The number of aryl methyl sites for hydroxylation is 3. The van der Waals surface area contributed by atoms with E-state index in [2.05, 4.69) is 33.8 Å². The molecule has 11 heteroatoms. The Bertz CT molecular complexity index is 2020. The third kappa shape index (κ3) is 4.34. The highest BCUT2D eigenvalue weighted by Gasteiger charge is 2.37. The number of nitrogens with one attached hydrogen (secondary N) is 1. The first-order valence-corrected chi connectivity index (χ1v) is 14.4. The van der Waals surface area contributed by atoms with E-state index < -0.39 is 0 Å². The van der Waals surface area contributed by atoms with Crippen LogP contribution < -0.4 is 15.8 Å². The second-order valence-corrected chi connectivity index (χ2v) is 12.4. The lowest BCUT2D eigenvalue weighted by molar-refractivity contribution is 0.0962. The van der Waals surface area contributed by atoms with E-state index in [9.17, 15) is 14.7 Å². The number of carbonyl (C=O) groups is 1. The number of rotatable bonds is 5. The van der Waals surface area contributed by atoms with Gasteiger partial charge in [-0.05, 0) is 61.1 Å². The molecule has 0 unspecified atom stereocenters. The molecule has 0 saturated carbocycles. The monoisotopic (exact) mass is 578 g/mol. The standard InChI is InChI=1S/C32H34N8O3/c1-18-22-13-20(6-7-25(22)38(5)36-18)34-28-31(43)37(4)16-24(35-28)21-8-9-33-29(23(21)17-41)40-11-10-39-26(30(40)42)12-19-14-32(2,3)15-27(19)39/h6-9,12-13,16,41H,10-11,14-15,17H2,1-5H3,(H,34,35). The molecule has 0 spiro atoms. The van der Waals surface area contributed by atoms with Crippen LogP contribution in [-0.2, 0) is 40.1 Å². The normalized spacial score (nSPS) is 15.7. The van der Waals surface area contributed by atoms with Crippen LogP contribution in [0.3, 0.4) is 0 Å². The Morgan fingerprint density at radius 2 is 1.88 bits per heavy atom. The van der Waals surface area contributed by atoms with Crippen LogP contribution in [0.4, 0.5) is 17.3 Å². The molecule has 0 bridgehead atoms. The van der Waals surface area contributed by atoms with E-state index in [1.165, 1.54) is 15.8 Å². The summed E-state index contributed by atoms with van der Waals surface area (Å²) in [6.45, 7) is 7.22. The Labute approximate surface area is 248 Å². The van der Waals surface area contributed by atoms with Gasteiger partial charge < -0.3 is 19.6 Å². The second-order valence-electron chi connectivity index (χ2n) is 12.4. The molecule has 1 amide bonds. The van der Waals surface area contributed by atoms with Gasteiger partial charge in [-0.15, -0.1) is 0 Å². The number of nitrogens with zero attached hydrogens (tertiary/aromatic N) is 7. The van der Waals surface area contributed by atoms with E-state index in [4.69, 9.17) is 4.98 Å². The van der Waals surface area contributed by atoms with Crippen LogP contribution in [-0.4, -0.2) is 46.4 Å². The molecule has 0 radical (unpaired) electrons. The topological polar surface area (TPSA) is 123 Å². The molecule has 1 aromatic carbocycles. The maximum atomic E-state index is 13.8. The predicted molar refractivity (Wildman–Crippen MR) is 165 cm³/mol. The number of aliphatic hydroxyl groups excluding tert-OH is 1. The van der Waals surface area contributed by atoms with E-state index >= 15 is 0 Å². The van der Waals surface area contributed by atoms with Gasteiger partial charge in [0.1, 0.15) is 11.5 Å². The van der Waals surface area contributed by atoms with Gasteiger partial charge in [0.15, 0.2) is 5.82 Å². The van der Waals surface area contributed by atoms with Gasteiger partial charge in [-0.3, -0.25) is 19.2 Å². The number of aromatic nitrogens is 6. The fourth-order valence-electron chi connectivity index (χ4n) is 6.70. The van der Waals surface area contributed by atoms with Gasteiger partial charge in [-0.2, -0.15) is 5.10 Å². The van der Waals surface area contributed by atoms with E-state index in [1.54, 1.807) is 30.4 Å². The molecule has 0 atom stereocenters. The molecule has 1 aliphatic carbocycles. The zero-order valence-electron chi connectivity index (χ0n) is 25.0. The summed E-state index contributed by atoms with van der Waals surface area (Å²) in [6, 6.07) is 9.56. The van der Waals surface area contributed by atoms with Crippen LogP contribution in [0.5, 0.6) is 0 Å². The van der Waals surface area contributed by atoms with Crippen molar-refractivity contribution >= 4 is 34.1 Å². The van der Waals surface area contributed by atoms with Gasteiger partial charge in [-0.1, -0.05) is 13.8 Å². The minimum Gasteiger partial charge on any atom is -0.392 e. The number of carbonyl (C=O) groups excluding carboxylic acids is 1. The zero-order chi connectivity index (χ0) is 30.2. The molecule has 11 nitrogen and oxygen atoms in total. The summed E-state index contributed by atoms with van der Waals surface area (Å²) >= 11 is 0. The van der Waals surface area contributed by atoms with Crippen LogP contribution in [0.15, 0.2) is 47.5 Å². The van der Waals surface area contributed by atoms with Crippen LogP contribution in [0.25, 0.3) is 22.2 Å². The lowest BCUT2D eigenvalue weighted by Crippen LogP contribution is -2.41. The maximum absolute atomic E-state index is 13.8. The number of hydrogen-bond acceptors (Lipinski definition) is 7. The summed E-state index contributed by atoms with van der Waals surface area (Å²) < 4.78 is 5.44. The molecule has 1 aliphatic heterocycles. The summed E-state index contributed by atoms with van der Waals surface area (Å²) in [5.74, 6) is 0.419. The van der Waals surface area contributed by atoms with Crippen molar-refractivity contribution in [2.45, 2.75) is 46.8 Å². The molecular formula is C32H34N8O3. The quantitative estimate of drug-likeness (QED) is 0.325. The van der Waals surface area contributed by atoms with Crippen LogP contribution in [0.1, 0.15) is 46.9 Å². The highest BCUT2D eigenvalue weighted by Crippen LogP contribution is 2.40. The number of fused-ring (bicyclic) bond motifs is 4.